The number of thioether (sulfide) groups is 1. The van der Waals surface area contributed by atoms with E-state index in [-0.39, 0.29) is 46.4 Å². The summed E-state index contributed by atoms with van der Waals surface area (Å²) in [4.78, 5) is 21.5. The molecule has 20 heavy (non-hydrogen) atoms. The second kappa shape index (κ2) is 10.7. The summed E-state index contributed by atoms with van der Waals surface area (Å²) in [5.74, 6) is 0.236. The Morgan fingerprint density at radius 2 is 1.85 bits per heavy atom. The van der Waals surface area contributed by atoms with E-state index in [2.05, 4.69) is 10.6 Å². The molecule has 0 aromatic heterocycles. The molecule has 2 fully saturated rings. The highest BCUT2D eigenvalue weighted by molar-refractivity contribution is 8.00. The van der Waals surface area contributed by atoms with Crippen LogP contribution in [0.25, 0.3) is 0 Å². The van der Waals surface area contributed by atoms with Crippen LogP contribution in [0.15, 0.2) is 0 Å². The molecule has 9 nitrogen and oxygen atoms in total. The molecule has 2 saturated heterocycles. The summed E-state index contributed by atoms with van der Waals surface area (Å²) >= 11 is 1.87. The zero-order valence-electron chi connectivity index (χ0n) is 10.9. The van der Waals surface area contributed by atoms with Gasteiger partial charge in [-0.15, -0.1) is 0 Å². The van der Waals surface area contributed by atoms with Crippen molar-refractivity contribution >= 4 is 23.8 Å². The molecule has 2 rings (SSSR count). The highest BCUT2D eigenvalue weighted by Gasteiger charge is 2.42. The van der Waals surface area contributed by atoms with Crippen molar-refractivity contribution < 1.29 is 36.6 Å². The molecular weight excluding hydrogens is 292 g/mol. The summed E-state index contributed by atoms with van der Waals surface area (Å²) in [5.41, 5.74) is 0. The van der Waals surface area contributed by atoms with Gasteiger partial charge in [-0.05, 0) is 12.8 Å². The minimum Gasteiger partial charge on any atom is -0.481 e. The van der Waals surface area contributed by atoms with Crippen LogP contribution >= 0.6 is 11.8 Å². The van der Waals surface area contributed by atoms with E-state index in [1.165, 1.54) is 0 Å². The number of carboxylic acid groups (broad SMARTS) is 1. The van der Waals surface area contributed by atoms with Gasteiger partial charge in [0.1, 0.15) is 0 Å². The topological polar surface area (TPSA) is 204 Å². The third-order valence-corrected chi connectivity index (χ3v) is 4.58. The molecule has 11 N–H and O–H groups in total. The number of carbonyl (C=O) groups is 2. The van der Waals surface area contributed by atoms with Gasteiger partial charge < -0.3 is 37.6 Å². The van der Waals surface area contributed by atoms with E-state index in [1.807, 2.05) is 11.8 Å². The Morgan fingerprint density at radius 1 is 1.20 bits per heavy atom. The van der Waals surface area contributed by atoms with Crippen LogP contribution in [-0.2, 0) is 4.79 Å². The molecule has 0 aromatic rings. The minimum atomic E-state index is -0.729. The molecule has 2 amide bonds. The maximum Gasteiger partial charge on any atom is 0.315 e. The Morgan fingerprint density at radius 3 is 2.45 bits per heavy atom. The van der Waals surface area contributed by atoms with Crippen molar-refractivity contribution in [3.63, 3.8) is 0 Å². The maximum absolute atomic E-state index is 11.1. The lowest BCUT2D eigenvalue weighted by molar-refractivity contribution is -0.137. The summed E-state index contributed by atoms with van der Waals surface area (Å²) in [6.45, 7) is 0. The highest BCUT2D eigenvalue weighted by atomic mass is 32.2. The average Bonchev–Trinajstić information content (AvgIpc) is 2.72. The van der Waals surface area contributed by atoms with Gasteiger partial charge >= 0.3 is 12.0 Å². The van der Waals surface area contributed by atoms with Crippen LogP contribution in [0.4, 0.5) is 4.79 Å². The van der Waals surface area contributed by atoms with Crippen LogP contribution in [-0.4, -0.2) is 62.1 Å². The van der Waals surface area contributed by atoms with Crippen molar-refractivity contribution in [2.24, 2.45) is 0 Å². The normalized spacial score (nSPS) is 25.6. The van der Waals surface area contributed by atoms with E-state index >= 15 is 0 Å². The lowest BCUT2D eigenvalue weighted by Crippen LogP contribution is -2.36. The fraction of sp³-hybridized carbons (Fsp3) is 0.800. The molecular formula is C10H24N2O7S. The number of hydrogen-bond acceptors (Lipinski definition) is 3. The average molecular weight is 316 g/mol. The molecule has 10 heteroatoms. The van der Waals surface area contributed by atoms with Crippen LogP contribution < -0.4 is 10.6 Å². The summed E-state index contributed by atoms with van der Waals surface area (Å²) in [6, 6.07) is 0.440. The van der Waals surface area contributed by atoms with Crippen LogP contribution in [0.2, 0.25) is 0 Å². The van der Waals surface area contributed by atoms with Crippen molar-refractivity contribution in [1.29, 1.82) is 0 Å². The van der Waals surface area contributed by atoms with E-state index < -0.39 is 5.97 Å². The summed E-state index contributed by atoms with van der Waals surface area (Å²) in [5, 5.41) is 14.8. The number of unbranched alkanes of at least 4 members (excludes halogenated alkanes) is 1. The standard InChI is InChI=1S/C10H16N2O3S.4H2O/c13-8(14)4-2-1-3-7-9-6(5-16-7)11-10(15)12-9;;;;/h6-7,9H,1-5H2,(H,13,14)(H2,11,12,15);4*1H2/t6-,7-,9-;;;;/m0..../s1. The second-order valence-electron chi connectivity index (χ2n) is 4.26. The first kappa shape index (κ1) is 24.0. The van der Waals surface area contributed by atoms with E-state index in [1.54, 1.807) is 0 Å². The number of nitrogens with one attached hydrogen (secondary N) is 2. The quantitative estimate of drug-likeness (QED) is 0.371. The van der Waals surface area contributed by atoms with Crippen LogP contribution in [0.3, 0.4) is 0 Å². The predicted molar refractivity (Wildman–Crippen MR) is 76.0 cm³/mol. The molecule has 2 aliphatic heterocycles. The molecule has 2 aliphatic rings. The molecule has 0 bridgehead atoms. The number of carbonyl (C=O) groups excluding carboxylic acids is 1. The summed E-state index contributed by atoms with van der Waals surface area (Å²) in [6.07, 6.45) is 2.88. The number of rotatable bonds is 5. The van der Waals surface area contributed by atoms with Crippen molar-refractivity contribution in [3.05, 3.63) is 0 Å². The fourth-order valence-corrected chi connectivity index (χ4v) is 3.81. The van der Waals surface area contributed by atoms with Gasteiger partial charge in [-0.3, -0.25) is 4.79 Å². The zero-order valence-corrected chi connectivity index (χ0v) is 11.8. The molecule has 2 heterocycles. The Balaban J connectivity index is -0.000000722. The molecule has 0 spiro atoms. The first-order valence-corrected chi connectivity index (χ1v) is 6.62. The maximum atomic E-state index is 11.1. The Kier molecular flexibility index (Phi) is 12.8. The van der Waals surface area contributed by atoms with Crippen LogP contribution in [0.5, 0.6) is 0 Å². The largest absolute Gasteiger partial charge is 0.481 e. The SMILES string of the molecule is O.O.O.O.O=C(O)CCCC[C@@H]1SC[C@@H]2NC(=O)N[C@@H]21. The van der Waals surface area contributed by atoms with Gasteiger partial charge in [-0.1, -0.05) is 6.42 Å². The first-order valence-electron chi connectivity index (χ1n) is 5.57. The molecule has 122 valence electrons. The van der Waals surface area contributed by atoms with Gasteiger partial charge in [-0.25, -0.2) is 4.79 Å². The van der Waals surface area contributed by atoms with E-state index in [0.717, 1.165) is 25.0 Å². The smallest absolute Gasteiger partial charge is 0.315 e. The minimum absolute atomic E-state index is 0. The van der Waals surface area contributed by atoms with Crippen molar-refractivity contribution in [2.45, 2.75) is 43.0 Å². The fourth-order valence-electron chi connectivity index (χ4n) is 2.26. The van der Waals surface area contributed by atoms with Gasteiger partial charge in [0.15, 0.2) is 0 Å². The van der Waals surface area contributed by atoms with E-state index in [4.69, 9.17) is 5.11 Å². The van der Waals surface area contributed by atoms with Crippen molar-refractivity contribution in [3.8, 4) is 0 Å². The Labute approximate surface area is 120 Å². The van der Waals surface area contributed by atoms with Gasteiger partial charge in [0, 0.05) is 17.4 Å². The van der Waals surface area contributed by atoms with Gasteiger partial charge in [0.2, 0.25) is 0 Å². The van der Waals surface area contributed by atoms with E-state index in [0.29, 0.717) is 5.25 Å². The zero-order chi connectivity index (χ0) is 11.5. The number of fused-ring (bicyclic) bond motifs is 1. The second-order valence-corrected chi connectivity index (χ2v) is 5.53. The number of aliphatic carboxylic acids is 1. The Hall–Kier alpha value is -1.07. The van der Waals surface area contributed by atoms with Crippen LogP contribution in [0, 0.1) is 0 Å². The number of carboxylic acids is 1. The molecule has 0 radical (unpaired) electrons. The first-order chi connectivity index (χ1) is 7.66. The number of hydrogen-bond donors (Lipinski definition) is 3. The van der Waals surface area contributed by atoms with Crippen LogP contribution in [0.1, 0.15) is 25.7 Å². The number of urea groups is 1. The third-order valence-electron chi connectivity index (χ3n) is 3.07. The van der Waals surface area contributed by atoms with Gasteiger partial charge in [0.05, 0.1) is 12.1 Å². The lowest BCUT2D eigenvalue weighted by atomic mass is 10.0. The molecule has 0 aliphatic carbocycles. The predicted octanol–water partition coefficient (Wildman–Crippen LogP) is -2.50. The van der Waals surface area contributed by atoms with Gasteiger partial charge in [0.25, 0.3) is 0 Å². The Bertz CT molecular complexity index is 305. The third kappa shape index (κ3) is 5.92. The molecule has 3 atom stereocenters. The lowest BCUT2D eigenvalue weighted by Gasteiger charge is -2.16. The molecule has 0 aromatic carbocycles. The summed E-state index contributed by atoms with van der Waals surface area (Å²) < 4.78 is 0. The van der Waals surface area contributed by atoms with Crippen molar-refractivity contribution in [1.82, 2.24) is 10.6 Å². The number of amides is 2. The van der Waals surface area contributed by atoms with Crippen molar-refractivity contribution in [2.75, 3.05) is 5.75 Å². The summed E-state index contributed by atoms with van der Waals surface area (Å²) in [7, 11) is 0. The monoisotopic (exact) mass is 316 g/mol. The highest BCUT2D eigenvalue weighted by Crippen LogP contribution is 2.33. The van der Waals surface area contributed by atoms with E-state index in [9.17, 15) is 9.59 Å². The molecule has 0 unspecified atom stereocenters. The molecule has 0 saturated carbocycles. The van der Waals surface area contributed by atoms with Gasteiger partial charge in [-0.2, -0.15) is 11.8 Å².